The summed E-state index contributed by atoms with van der Waals surface area (Å²) in [6.07, 6.45) is 1.83. The molecule has 0 aliphatic heterocycles. The van der Waals surface area contributed by atoms with Gasteiger partial charge in [0, 0.05) is 15.6 Å². The normalized spacial score (nSPS) is 10.3. The molecular formula is C12H10BrNS. The maximum Gasteiger partial charge on any atom is 0.104 e. The van der Waals surface area contributed by atoms with Gasteiger partial charge in [0.25, 0.3) is 0 Å². The van der Waals surface area contributed by atoms with Crippen LogP contribution in [0.15, 0.2) is 57.0 Å². The van der Waals surface area contributed by atoms with Crippen LogP contribution in [0.1, 0.15) is 5.56 Å². The number of benzene rings is 1. The Morgan fingerprint density at radius 3 is 2.60 bits per heavy atom. The summed E-state index contributed by atoms with van der Waals surface area (Å²) < 4.78 is 1.03. The van der Waals surface area contributed by atoms with Crippen LogP contribution in [-0.2, 0) is 0 Å². The van der Waals surface area contributed by atoms with Gasteiger partial charge in [-0.15, -0.1) is 0 Å². The number of rotatable bonds is 2. The molecule has 2 rings (SSSR count). The molecule has 0 aliphatic rings. The molecule has 1 aromatic heterocycles. The lowest BCUT2D eigenvalue weighted by Gasteiger charge is -2.04. The van der Waals surface area contributed by atoms with Gasteiger partial charge in [-0.3, -0.25) is 0 Å². The highest BCUT2D eigenvalue weighted by molar-refractivity contribution is 9.10. The maximum atomic E-state index is 4.39. The Morgan fingerprint density at radius 1 is 1.20 bits per heavy atom. The number of hydrogen-bond acceptors (Lipinski definition) is 2. The van der Waals surface area contributed by atoms with Gasteiger partial charge in [0.2, 0.25) is 0 Å². The largest absolute Gasteiger partial charge is 0.248 e. The second-order valence-electron chi connectivity index (χ2n) is 3.19. The zero-order valence-electron chi connectivity index (χ0n) is 8.27. The van der Waals surface area contributed by atoms with Gasteiger partial charge in [0.15, 0.2) is 0 Å². The Labute approximate surface area is 102 Å². The molecule has 2 aromatic rings. The van der Waals surface area contributed by atoms with Crippen molar-refractivity contribution >= 4 is 27.7 Å². The van der Waals surface area contributed by atoms with Crippen LogP contribution in [0.4, 0.5) is 0 Å². The molecular weight excluding hydrogens is 270 g/mol. The average Bonchev–Trinajstić information content (AvgIpc) is 2.24. The topological polar surface area (TPSA) is 12.9 Å². The van der Waals surface area contributed by atoms with Crippen molar-refractivity contribution in [3.8, 4) is 0 Å². The van der Waals surface area contributed by atoms with Crippen molar-refractivity contribution in [1.82, 2.24) is 4.98 Å². The number of hydrogen-bond donors (Lipinski definition) is 0. The number of nitrogens with zero attached hydrogens (tertiary/aromatic N) is 1. The van der Waals surface area contributed by atoms with Crippen molar-refractivity contribution in [2.75, 3.05) is 0 Å². The fourth-order valence-corrected chi connectivity index (χ4v) is 2.52. The van der Waals surface area contributed by atoms with E-state index in [1.807, 2.05) is 24.4 Å². The van der Waals surface area contributed by atoms with E-state index >= 15 is 0 Å². The van der Waals surface area contributed by atoms with E-state index in [0.717, 1.165) is 9.50 Å². The van der Waals surface area contributed by atoms with Crippen LogP contribution in [0, 0.1) is 6.92 Å². The molecule has 3 heteroatoms. The first-order valence-electron chi connectivity index (χ1n) is 4.61. The Bertz CT molecular complexity index is 456. The van der Waals surface area contributed by atoms with Gasteiger partial charge in [-0.1, -0.05) is 30.0 Å². The second kappa shape index (κ2) is 4.81. The third-order valence-electron chi connectivity index (χ3n) is 1.95. The first kappa shape index (κ1) is 10.7. The van der Waals surface area contributed by atoms with Gasteiger partial charge >= 0.3 is 0 Å². The molecule has 0 unspecified atom stereocenters. The lowest BCUT2D eigenvalue weighted by molar-refractivity contribution is 1.07. The summed E-state index contributed by atoms with van der Waals surface area (Å²) in [7, 11) is 0. The highest BCUT2D eigenvalue weighted by atomic mass is 79.9. The van der Waals surface area contributed by atoms with Crippen molar-refractivity contribution in [3.63, 3.8) is 0 Å². The molecule has 76 valence electrons. The van der Waals surface area contributed by atoms with Gasteiger partial charge in [-0.2, -0.15) is 0 Å². The molecule has 0 spiro atoms. The van der Waals surface area contributed by atoms with Gasteiger partial charge in [-0.25, -0.2) is 4.98 Å². The summed E-state index contributed by atoms with van der Waals surface area (Å²) >= 11 is 5.10. The molecule has 1 aromatic carbocycles. The van der Waals surface area contributed by atoms with E-state index in [0.29, 0.717) is 0 Å². The van der Waals surface area contributed by atoms with E-state index in [9.17, 15) is 0 Å². The fourth-order valence-electron chi connectivity index (χ4n) is 1.23. The van der Waals surface area contributed by atoms with E-state index < -0.39 is 0 Å². The third-order valence-corrected chi connectivity index (χ3v) is 3.52. The standard InChI is InChI=1S/C12H10BrNS/c1-9-7-10(13)8-14-12(9)15-11-5-3-2-4-6-11/h2-8H,1H3. The van der Waals surface area contributed by atoms with Crippen molar-refractivity contribution < 1.29 is 0 Å². The Hall–Kier alpha value is -0.800. The Balaban J connectivity index is 2.25. The van der Waals surface area contributed by atoms with Gasteiger partial charge in [-0.05, 0) is 46.6 Å². The molecule has 0 saturated heterocycles. The summed E-state index contributed by atoms with van der Waals surface area (Å²) in [5, 5.41) is 1.06. The minimum atomic E-state index is 1.03. The summed E-state index contributed by atoms with van der Waals surface area (Å²) in [6.45, 7) is 2.07. The lowest BCUT2D eigenvalue weighted by atomic mass is 10.3. The summed E-state index contributed by atoms with van der Waals surface area (Å²) in [5.41, 5.74) is 1.19. The van der Waals surface area contributed by atoms with Gasteiger partial charge < -0.3 is 0 Å². The lowest BCUT2D eigenvalue weighted by Crippen LogP contribution is -1.84. The van der Waals surface area contributed by atoms with Crippen molar-refractivity contribution in [2.45, 2.75) is 16.8 Å². The number of halogens is 1. The predicted octanol–water partition coefficient (Wildman–Crippen LogP) is 4.30. The molecule has 1 nitrogen and oxygen atoms in total. The molecule has 0 fully saturated rings. The van der Waals surface area contributed by atoms with E-state index in [-0.39, 0.29) is 0 Å². The van der Waals surface area contributed by atoms with E-state index in [1.54, 1.807) is 11.8 Å². The van der Waals surface area contributed by atoms with Gasteiger partial charge in [0.05, 0.1) is 0 Å². The maximum absolute atomic E-state index is 4.39. The summed E-state index contributed by atoms with van der Waals surface area (Å²) in [5.74, 6) is 0. The van der Waals surface area contributed by atoms with Crippen molar-refractivity contribution in [3.05, 3.63) is 52.6 Å². The quantitative estimate of drug-likeness (QED) is 0.813. The fraction of sp³-hybridized carbons (Fsp3) is 0.0833. The first-order valence-corrected chi connectivity index (χ1v) is 6.22. The first-order chi connectivity index (χ1) is 7.25. The molecule has 0 aliphatic carbocycles. The Morgan fingerprint density at radius 2 is 1.93 bits per heavy atom. The van der Waals surface area contributed by atoms with Crippen molar-refractivity contribution in [1.29, 1.82) is 0 Å². The van der Waals surface area contributed by atoms with Crippen LogP contribution in [-0.4, -0.2) is 4.98 Å². The van der Waals surface area contributed by atoms with Crippen LogP contribution in [0.25, 0.3) is 0 Å². The highest BCUT2D eigenvalue weighted by Gasteiger charge is 2.02. The predicted molar refractivity (Wildman–Crippen MR) is 67.2 cm³/mol. The number of pyridine rings is 1. The zero-order chi connectivity index (χ0) is 10.7. The molecule has 0 atom stereocenters. The molecule has 0 amide bonds. The van der Waals surface area contributed by atoms with E-state index in [2.05, 4.69) is 46.0 Å². The smallest absolute Gasteiger partial charge is 0.104 e. The molecule has 0 saturated carbocycles. The third kappa shape index (κ3) is 2.83. The van der Waals surface area contributed by atoms with Crippen LogP contribution in [0.2, 0.25) is 0 Å². The van der Waals surface area contributed by atoms with Crippen LogP contribution in [0.5, 0.6) is 0 Å². The minimum Gasteiger partial charge on any atom is -0.248 e. The second-order valence-corrected chi connectivity index (χ2v) is 5.17. The zero-order valence-corrected chi connectivity index (χ0v) is 10.7. The number of aromatic nitrogens is 1. The molecule has 0 radical (unpaired) electrons. The molecule has 1 heterocycles. The highest BCUT2D eigenvalue weighted by Crippen LogP contribution is 2.29. The average molecular weight is 280 g/mol. The minimum absolute atomic E-state index is 1.03. The van der Waals surface area contributed by atoms with Crippen molar-refractivity contribution in [2.24, 2.45) is 0 Å². The SMILES string of the molecule is Cc1cc(Br)cnc1Sc1ccccc1. The summed E-state index contributed by atoms with van der Waals surface area (Å²) in [6, 6.07) is 12.4. The molecule has 15 heavy (non-hydrogen) atoms. The van der Waals surface area contributed by atoms with E-state index in [4.69, 9.17) is 0 Å². The van der Waals surface area contributed by atoms with Gasteiger partial charge in [0.1, 0.15) is 5.03 Å². The van der Waals surface area contributed by atoms with Crippen LogP contribution < -0.4 is 0 Å². The number of aryl methyl sites for hydroxylation is 1. The molecule has 0 N–H and O–H groups in total. The van der Waals surface area contributed by atoms with E-state index in [1.165, 1.54) is 10.5 Å². The summed E-state index contributed by atoms with van der Waals surface area (Å²) in [4.78, 5) is 5.61. The van der Waals surface area contributed by atoms with Crippen LogP contribution in [0.3, 0.4) is 0 Å². The molecule has 0 bridgehead atoms. The van der Waals surface area contributed by atoms with Crippen LogP contribution >= 0.6 is 27.7 Å². The Kier molecular flexibility index (Phi) is 3.44. The monoisotopic (exact) mass is 279 g/mol.